The maximum absolute atomic E-state index is 12.9. The highest BCUT2D eigenvalue weighted by atomic mass is 32.2. The van der Waals surface area contributed by atoms with Gasteiger partial charge in [0, 0.05) is 31.9 Å². The predicted octanol–water partition coefficient (Wildman–Crippen LogP) is 0.936. The third-order valence-corrected chi connectivity index (χ3v) is 6.32. The second-order valence-electron chi connectivity index (χ2n) is 6.35. The molecule has 3 rings (SSSR count). The third kappa shape index (κ3) is 4.28. The Bertz CT molecular complexity index is 758. The molecule has 9 heteroatoms. The van der Waals surface area contributed by atoms with Gasteiger partial charge in [-0.05, 0) is 30.7 Å². The molecule has 0 bridgehead atoms. The monoisotopic (exact) mass is 369 g/mol. The van der Waals surface area contributed by atoms with E-state index in [1.165, 1.54) is 24.3 Å². The van der Waals surface area contributed by atoms with Gasteiger partial charge in [0.25, 0.3) is 0 Å². The molecule has 25 heavy (non-hydrogen) atoms. The van der Waals surface area contributed by atoms with Crippen molar-refractivity contribution in [3.05, 3.63) is 30.1 Å². The number of halogens is 1. The van der Waals surface area contributed by atoms with Crippen LogP contribution in [0.25, 0.3) is 0 Å². The molecule has 7 nitrogen and oxygen atoms in total. The van der Waals surface area contributed by atoms with Crippen LogP contribution in [0.3, 0.4) is 0 Å². The van der Waals surface area contributed by atoms with Crippen LogP contribution >= 0.6 is 0 Å². The number of amides is 3. The summed E-state index contributed by atoms with van der Waals surface area (Å²) in [5, 5.41) is 2.69. The number of anilines is 1. The fourth-order valence-electron chi connectivity index (χ4n) is 3.11. The Morgan fingerprint density at radius 1 is 1.04 bits per heavy atom. The maximum Gasteiger partial charge on any atom is 0.321 e. The quantitative estimate of drug-likeness (QED) is 0.840. The summed E-state index contributed by atoms with van der Waals surface area (Å²) in [6.07, 6.45) is 0.381. The molecular weight excluding hydrogens is 349 g/mol. The molecule has 2 saturated heterocycles. The van der Waals surface area contributed by atoms with E-state index in [-0.39, 0.29) is 29.3 Å². The fourth-order valence-corrected chi connectivity index (χ4v) is 4.85. The van der Waals surface area contributed by atoms with Gasteiger partial charge in [0.2, 0.25) is 5.91 Å². The van der Waals surface area contributed by atoms with Crippen LogP contribution in [-0.2, 0) is 14.6 Å². The minimum Gasteiger partial charge on any atom is -0.339 e. The lowest BCUT2D eigenvalue weighted by atomic mass is 10.1. The maximum atomic E-state index is 12.9. The molecule has 2 aliphatic heterocycles. The van der Waals surface area contributed by atoms with E-state index in [0.717, 1.165) is 0 Å². The minimum atomic E-state index is -3.09. The molecule has 0 radical (unpaired) electrons. The Kier molecular flexibility index (Phi) is 4.94. The molecule has 0 aliphatic carbocycles. The number of carbonyl (C=O) groups excluding carboxylic acids is 2. The van der Waals surface area contributed by atoms with Gasteiger partial charge in [-0.15, -0.1) is 0 Å². The topological polar surface area (TPSA) is 86.8 Å². The molecular formula is C16H20FN3O4S. The summed E-state index contributed by atoms with van der Waals surface area (Å²) in [4.78, 5) is 27.8. The molecule has 0 saturated carbocycles. The van der Waals surface area contributed by atoms with Gasteiger partial charge in [-0.3, -0.25) is 4.79 Å². The Morgan fingerprint density at radius 3 is 2.20 bits per heavy atom. The molecule has 2 fully saturated rings. The van der Waals surface area contributed by atoms with Gasteiger partial charge in [-0.1, -0.05) is 0 Å². The van der Waals surface area contributed by atoms with E-state index in [9.17, 15) is 22.4 Å². The Labute approximate surface area is 145 Å². The third-order valence-electron chi connectivity index (χ3n) is 4.56. The van der Waals surface area contributed by atoms with E-state index in [1.54, 1.807) is 9.80 Å². The zero-order chi connectivity index (χ0) is 18.0. The van der Waals surface area contributed by atoms with Gasteiger partial charge < -0.3 is 15.1 Å². The Hall–Kier alpha value is -2.16. The fraction of sp³-hybridized carbons (Fsp3) is 0.500. The first kappa shape index (κ1) is 17.7. The summed E-state index contributed by atoms with van der Waals surface area (Å²) in [7, 11) is -3.09. The van der Waals surface area contributed by atoms with E-state index in [2.05, 4.69) is 5.32 Å². The van der Waals surface area contributed by atoms with Crippen molar-refractivity contribution in [2.45, 2.75) is 6.42 Å². The van der Waals surface area contributed by atoms with Crippen LogP contribution in [0.1, 0.15) is 6.42 Å². The van der Waals surface area contributed by atoms with Crippen LogP contribution in [0.4, 0.5) is 14.9 Å². The molecule has 0 spiro atoms. The zero-order valence-electron chi connectivity index (χ0n) is 13.7. The van der Waals surface area contributed by atoms with Crippen molar-refractivity contribution in [2.75, 3.05) is 43.0 Å². The van der Waals surface area contributed by atoms with Crippen LogP contribution in [0.5, 0.6) is 0 Å². The molecule has 1 aromatic rings. The number of hydrogen-bond acceptors (Lipinski definition) is 4. The number of hydrogen-bond donors (Lipinski definition) is 1. The summed E-state index contributed by atoms with van der Waals surface area (Å²) >= 11 is 0. The number of sulfone groups is 1. The molecule has 1 unspecified atom stereocenters. The van der Waals surface area contributed by atoms with E-state index in [0.29, 0.717) is 38.3 Å². The average molecular weight is 369 g/mol. The Morgan fingerprint density at radius 2 is 1.64 bits per heavy atom. The van der Waals surface area contributed by atoms with Crippen LogP contribution < -0.4 is 5.32 Å². The van der Waals surface area contributed by atoms with Crippen molar-refractivity contribution >= 4 is 27.5 Å². The van der Waals surface area contributed by atoms with Crippen LogP contribution in [-0.4, -0.2) is 67.8 Å². The van der Waals surface area contributed by atoms with Crippen molar-refractivity contribution in [3.8, 4) is 0 Å². The first-order valence-electron chi connectivity index (χ1n) is 8.15. The summed E-state index contributed by atoms with van der Waals surface area (Å²) in [6, 6.07) is 5.19. The molecule has 2 heterocycles. The second-order valence-corrected chi connectivity index (χ2v) is 8.58. The molecule has 1 aromatic carbocycles. The van der Waals surface area contributed by atoms with Crippen molar-refractivity contribution in [3.63, 3.8) is 0 Å². The van der Waals surface area contributed by atoms with E-state index in [4.69, 9.17) is 0 Å². The van der Waals surface area contributed by atoms with Crippen LogP contribution in [0.2, 0.25) is 0 Å². The lowest BCUT2D eigenvalue weighted by Gasteiger charge is -2.35. The number of urea groups is 1. The van der Waals surface area contributed by atoms with Gasteiger partial charge in [-0.2, -0.15) is 0 Å². The van der Waals surface area contributed by atoms with E-state index in [1.807, 2.05) is 0 Å². The van der Waals surface area contributed by atoms with Gasteiger partial charge in [-0.25, -0.2) is 17.6 Å². The molecule has 0 aromatic heterocycles. The number of benzene rings is 1. The lowest BCUT2D eigenvalue weighted by Crippen LogP contribution is -2.53. The van der Waals surface area contributed by atoms with Gasteiger partial charge in [0.15, 0.2) is 9.84 Å². The summed E-state index contributed by atoms with van der Waals surface area (Å²) in [6.45, 7) is 1.51. The molecule has 3 amide bonds. The highest BCUT2D eigenvalue weighted by Gasteiger charge is 2.36. The molecule has 2 aliphatic rings. The molecule has 136 valence electrons. The van der Waals surface area contributed by atoms with Crippen LogP contribution in [0.15, 0.2) is 24.3 Å². The van der Waals surface area contributed by atoms with E-state index < -0.39 is 15.8 Å². The highest BCUT2D eigenvalue weighted by Crippen LogP contribution is 2.21. The van der Waals surface area contributed by atoms with E-state index >= 15 is 0 Å². The largest absolute Gasteiger partial charge is 0.339 e. The van der Waals surface area contributed by atoms with Crippen molar-refractivity contribution in [1.82, 2.24) is 9.80 Å². The second kappa shape index (κ2) is 6.99. The van der Waals surface area contributed by atoms with Gasteiger partial charge in [0.05, 0.1) is 17.4 Å². The average Bonchev–Trinajstić information content (AvgIpc) is 2.96. The summed E-state index contributed by atoms with van der Waals surface area (Å²) in [5.74, 6) is -0.969. The molecule has 1 atom stereocenters. The summed E-state index contributed by atoms with van der Waals surface area (Å²) in [5.41, 5.74) is 0.501. The SMILES string of the molecule is O=C(Nc1ccc(F)cc1)N1CCN(C(=O)C2CCS(=O)(=O)C2)CC1. The first-order valence-corrected chi connectivity index (χ1v) is 9.97. The molecule has 1 N–H and O–H groups in total. The normalized spacial score (nSPS) is 22.7. The van der Waals surface area contributed by atoms with Gasteiger partial charge >= 0.3 is 6.03 Å². The van der Waals surface area contributed by atoms with Crippen molar-refractivity contribution < 1.29 is 22.4 Å². The van der Waals surface area contributed by atoms with Crippen molar-refractivity contribution in [2.24, 2.45) is 5.92 Å². The summed E-state index contributed by atoms with van der Waals surface area (Å²) < 4.78 is 35.9. The Balaban J connectivity index is 1.50. The number of nitrogens with one attached hydrogen (secondary N) is 1. The lowest BCUT2D eigenvalue weighted by molar-refractivity contribution is -0.136. The predicted molar refractivity (Wildman–Crippen MR) is 90.3 cm³/mol. The number of nitrogens with zero attached hydrogens (tertiary/aromatic N) is 2. The van der Waals surface area contributed by atoms with Crippen molar-refractivity contribution in [1.29, 1.82) is 0 Å². The smallest absolute Gasteiger partial charge is 0.321 e. The van der Waals surface area contributed by atoms with Gasteiger partial charge in [0.1, 0.15) is 5.82 Å². The van der Waals surface area contributed by atoms with Crippen LogP contribution in [0, 0.1) is 11.7 Å². The number of carbonyl (C=O) groups is 2. The minimum absolute atomic E-state index is 0.0723. The number of rotatable bonds is 2. The number of piperazine rings is 1. The first-order chi connectivity index (χ1) is 11.8. The standard InChI is InChI=1S/C16H20FN3O4S/c17-13-1-3-14(4-2-13)18-16(22)20-8-6-19(7-9-20)15(21)12-5-10-25(23,24)11-12/h1-4,12H,5-11H2,(H,18,22). The zero-order valence-corrected chi connectivity index (χ0v) is 14.5. The highest BCUT2D eigenvalue weighted by molar-refractivity contribution is 7.91.